The summed E-state index contributed by atoms with van der Waals surface area (Å²) >= 11 is 0. The molecule has 2 heterocycles. The third kappa shape index (κ3) is 2.88. The van der Waals surface area contributed by atoms with Gasteiger partial charge in [0, 0.05) is 53.2 Å². The lowest BCUT2D eigenvalue weighted by Crippen LogP contribution is -2.07. The molecule has 5 aromatic rings. The molecule has 3 heteroatoms. The number of para-hydroxylation sites is 2. The molecule has 0 atom stereocenters. The van der Waals surface area contributed by atoms with E-state index in [2.05, 4.69) is 110 Å². The molecule has 0 amide bonds. The Morgan fingerprint density at radius 2 is 1.10 bits per heavy atom. The molecule has 0 bridgehead atoms. The highest BCUT2D eigenvalue weighted by Gasteiger charge is 2.28. The van der Waals surface area contributed by atoms with Crippen LogP contribution in [0.4, 0.5) is 0 Å². The van der Waals surface area contributed by atoms with Gasteiger partial charge < -0.3 is 13.9 Å². The van der Waals surface area contributed by atoms with E-state index in [0.717, 1.165) is 5.75 Å². The molecule has 0 spiro atoms. The summed E-state index contributed by atoms with van der Waals surface area (Å²) in [6, 6.07) is 26.1. The summed E-state index contributed by atoms with van der Waals surface area (Å²) in [7, 11) is 6.06. The summed E-state index contributed by atoms with van der Waals surface area (Å²) in [6.45, 7) is 4.48. The number of rotatable bonds is 4. The van der Waals surface area contributed by atoms with E-state index >= 15 is 0 Å². The number of aromatic nitrogens is 2. The molecule has 2 aromatic heterocycles. The summed E-state index contributed by atoms with van der Waals surface area (Å²) in [5.74, 6) is 1.01. The van der Waals surface area contributed by atoms with Crippen LogP contribution in [0, 0.1) is 13.8 Å². The van der Waals surface area contributed by atoms with E-state index < -0.39 is 0 Å². The molecule has 0 aliphatic carbocycles. The van der Waals surface area contributed by atoms with Crippen LogP contribution in [0.2, 0.25) is 0 Å². The standard InChI is InChI=1S/C28H28N2O/c1-18-26(22-10-6-8-12-24(22)29(18)3)28(20-14-16-21(31-5)17-15-20)27-19(2)30(4)25-13-9-7-11-23(25)27/h6-17,28H,1-5H3. The number of methoxy groups -OCH3 is 1. The van der Waals surface area contributed by atoms with Crippen molar-refractivity contribution in [2.75, 3.05) is 7.11 Å². The minimum Gasteiger partial charge on any atom is -0.497 e. The van der Waals surface area contributed by atoms with Gasteiger partial charge in [-0.25, -0.2) is 0 Å². The van der Waals surface area contributed by atoms with Crippen LogP contribution >= 0.6 is 0 Å². The average Bonchev–Trinajstić information content (AvgIpc) is 3.21. The number of fused-ring (bicyclic) bond motifs is 2. The minimum atomic E-state index is 0.128. The molecule has 0 aliphatic heterocycles. The maximum absolute atomic E-state index is 5.45. The van der Waals surface area contributed by atoms with Gasteiger partial charge >= 0.3 is 0 Å². The van der Waals surface area contributed by atoms with Crippen molar-refractivity contribution >= 4 is 21.8 Å². The van der Waals surface area contributed by atoms with Crippen LogP contribution in [-0.2, 0) is 14.1 Å². The van der Waals surface area contributed by atoms with Gasteiger partial charge in [-0.1, -0.05) is 48.5 Å². The molecular formula is C28H28N2O. The highest BCUT2D eigenvalue weighted by atomic mass is 16.5. The summed E-state index contributed by atoms with van der Waals surface area (Å²) in [5, 5.41) is 2.63. The molecule has 3 aromatic carbocycles. The van der Waals surface area contributed by atoms with Crippen LogP contribution in [0.15, 0.2) is 72.8 Å². The predicted molar refractivity (Wildman–Crippen MR) is 129 cm³/mol. The maximum Gasteiger partial charge on any atom is 0.118 e. The van der Waals surface area contributed by atoms with Gasteiger partial charge in [0.05, 0.1) is 7.11 Å². The summed E-state index contributed by atoms with van der Waals surface area (Å²) in [6.07, 6.45) is 0. The zero-order chi connectivity index (χ0) is 21.7. The Bertz CT molecular complexity index is 1320. The molecule has 156 valence electrons. The second-order valence-electron chi connectivity index (χ2n) is 8.36. The van der Waals surface area contributed by atoms with E-state index in [9.17, 15) is 0 Å². The number of ether oxygens (including phenoxy) is 1. The van der Waals surface area contributed by atoms with Crippen LogP contribution in [-0.4, -0.2) is 16.2 Å². The van der Waals surface area contributed by atoms with Crippen molar-refractivity contribution in [3.05, 3.63) is 101 Å². The van der Waals surface area contributed by atoms with Crippen molar-refractivity contribution in [3.8, 4) is 5.75 Å². The van der Waals surface area contributed by atoms with Gasteiger partial charge in [0.15, 0.2) is 0 Å². The first-order valence-electron chi connectivity index (χ1n) is 10.7. The fraction of sp³-hybridized carbons (Fsp3) is 0.214. The van der Waals surface area contributed by atoms with Crippen LogP contribution in [0.3, 0.4) is 0 Å². The quantitative estimate of drug-likeness (QED) is 0.333. The highest BCUT2D eigenvalue weighted by molar-refractivity contribution is 5.91. The van der Waals surface area contributed by atoms with Gasteiger partial charge in [-0.15, -0.1) is 0 Å². The maximum atomic E-state index is 5.45. The lowest BCUT2D eigenvalue weighted by atomic mass is 9.82. The van der Waals surface area contributed by atoms with Crippen LogP contribution in [0.1, 0.15) is 34.0 Å². The molecule has 3 nitrogen and oxygen atoms in total. The topological polar surface area (TPSA) is 19.1 Å². The number of hydrogen-bond acceptors (Lipinski definition) is 1. The number of aryl methyl sites for hydroxylation is 2. The number of benzene rings is 3. The fourth-order valence-electron chi connectivity index (χ4n) is 5.10. The molecule has 0 radical (unpaired) electrons. The van der Waals surface area contributed by atoms with Crippen molar-refractivity contribution in [3.63, 3.8) is 0 Å². The van der Waals surface area contributed by atoms with E-state index in [1.54, 1.807) is 7.11 Å². The highest BCUT2D eigenvalue weighted by Crippen LogP contribution is 2.44. The monoisotopic (exact) mass is 408 g/mol. The van der Waals surface area contributed by atoms with E-state index in [1.807, 2.05) is 0 Å². The summed E-state index contributed by atoms with van der Waals surface area (Å²) in [4.78, 5) is 0. The van der Waals surface area contributed by atoms with Gasteiger partial charge in [0.1, 0.15) is 5.75 Å². The zero-order valence-electron chi connectivity index (χ0n) is 18.8. The molecule has 0 unspecified atom stereocenters. The van der Waals surface area contributed by atoms with E-state index in [0.29, 0.717) is 0 Å². The van der Waals surface area contributed by atoms with Gasteiger partial charge in [-0.3, -0.25) is 0 Å². The first-order chi connectivity index (χ1) is 15.0. The SMILES string of the molecule is COc1ccc(C(c2c(C)n(C)c3ccccc23)c2c(C)n(C)c3ccccc23)cc1. The first kappa shape index (κ1) is 19.5. The zero-order valence-corrected chi connectivity index (χ0v) is 18.8. The van der Waals surface area contributed by atoms with E-state index in [4.69, 9.17) is 4.74 Å². The molecule has 31 heavy (non-hydrogen) atoms. The lowest BCUT2D eigenvalue weighted by Gasteiger charge is -2.21. The van der Waals surface area contributed by atoms with Crippen LogP contribution in [0.25, 0.3) is 21.8 Å². The Balaban J connectivity index is 1.89. The molecule has 0 fully saturated rings. The molecule has 0 N–H and O–H groups in total. The number of hydrogen-bond donors (Lipinski definition) is 0. The molecule has 0 saturated carbocycles. The third-order valence-electron chi connectivity index (χ3n) is 6.92. The Hall–Kier alpha value is -3.46. The number of nitrogens with zero attached hydrogens (tertiary/aromatic N) is 2. The predicted octanol–water partition coefficient (Wildman–Crippen LogP) is 6.48. The Morgan fingerprint density at radius 1 is 0.645 bits per heavy atom. The summed E-state index contributed by atoms with van der Waals surface area (Å²) < 4.78 is 10.1. The van der Waals surface area contributed by atoms with Gasteiger partial charge in [0.2, 0.25) is 0 Å². The average molecular weight is 409 g/mol. The van der Waals surface area contributed by atoms with Gasteiger partial charge in [-0.05, 0) is 54.8 Å². The van der Waals surface area contributed by atoms with E-state index in [-0.39, 0.29) is 5.92 Å². The van der Waals surface area contributed by atoms with Gasteiger partial charge in [-0.2, -0.15) is 0 Å². The molecule has 0 saturated heterocycles. The lowest BCUT2D eigenvalue weighted by molar-refractivity contribution is 0.414. The Kier molecular flexibility index (Phi) is 4.62. The largest absolute Gasteiger partial charge is 0.497 e. The normalized spacial score (nSPS) is 11.7. The van der Waals surface area contributed by atoms with E-state index in [1.165, 1.54) is 49.9 Å². The minimum absolute atomic E-state index is 0.128. The van der Waals surface area contributed by atoms with Gasteiger partial charge in [0.25, 0.3) is 0 Å². The molecule has 0 aliphatic rings. The van der Waals surface area contributed by atoms with Crippen LogP contribution < -0.4 is 4.74 Å². The van der Waals surface area contributed by atoms with Crippen molar-refractivity contribution in [2.45, 2.75) is 19.8 Å². The molecule has 5 rings (SSSR count). The molecular weight excluding hydrogens is 380 g/mol. The van der Waals surface area contributed by atoms with Crippen molar-refractivity contribution in [1.82, 2.24) is 9.13 Å². The third-order valence-corrected chi connectivity index (χ3v) is 6.92. The van der Waals surface area contributed by atoms with Crippen molar-refractivity contribution in [2.24, 2.45) is 14.1 Å². The first-order valence-corrected chi connectivity index (χ1v) is 10.7. The van der Waals surface area contributed by atoms with Crippen molar-refractivity contribution in [1.29, 1.82) is 0 Å². The second-order valence-corrected chi connectivity index (χ2v) is 8.36. The second kappa shape index (κ2) is 7.35. The Labute approximate surface area is 183 Å². The fourth-order valence-corrected chi connectivity index (χ4v) is 5.10. The van der Waals surface area contributed by atoms with Crippen LogP contribution in [0.5, 0.6) is 5.75 Å². The summed E-state index contributed by atoms with van der Waals surface area (Å²) in [5.41, 5.74) is 9.17. The van der Waals surface area contributed by atoms with Crippen molar-refractivity contribution < 1.29 is 4.74 Å². The smallest absolute Gasteiger partial charge is 0.118 e. The Morgan fingerprint density at radius 3 is 1.55 bits per heavy atom.